The first kappa shape index (κ1) is 25.2. The molecule has 0 aliphatic carbocycles. The van der Waals surface area contributed by atoms with Gasteiger partial charge in [-0.2, -0.15) is 18.4 Å². The molecule has 0 N–H and O–H groups in total. The average molecular weight is 502 g/mol. The lowest BCUT2D eigenvalue weighted by Gasteiger charge is -2.44. The molecule has 1 fully saturated rings. The molecular formula is C24H26F3N7O2. The summed E-state index contributed by atoms with van der Waals surface area (Å²) in [5, 5.41) is 9.04. The van der Waals surface area contributed by atoms with Gasteiger partial charge >= 0.3 is 12.3 Å². The molecule has 0 bridgehead atoms. The molecule has 3 aromatic rings. The number of carbonyl (C=O) groups excluding carboxylic acids is 1. The molecule has 2 atom stereocenters. The van der Waals surface area contributed by atoms with Gasteiger partial charge in [-0.3, -0.25) is 4.57 Å². The molecule has 0 radical (unpaired) electrons. The van der Waals surface area contributed by atoms with Crippen molar-refractivity contribution in [1.29, 1.82) is 5.26 Å². The van der Waals surface area contributed by atoms with Crippen LogP contribution in [-0.4, -0.2) is 61.3 Å². The summed E-state index contributed by atoms with van der Waals surface area (Å²) in [6.45, 7) is 9.45. The molecule has 190 valence electrons. The van der Waals surface area contributed by atoms with Gasteiger partial charge in [0.25, 0.3) is 0 Å². The highest BCUT2D eigenvalue weighted by Crippen LogP contribution is 2.41. The molecule has 1 aliphatic rings. The number of nitrogens with zero attached hydrogens (tertiary/aromatic N) is 7. The van der Waals surface area contributed by atoms with E-state index in [1.165, 1.54) is 29.2 Å². The van der Waals surface area contributed by atoms with Crippen molar-refractivity contribution in [3.8, 4) is 11.9 Å². The van der Waals surface area contributed by atoms with Crippen LogP contribution in [0.5, 0.6) is 0 Å². The van der Waals surface area contributed by atoms with Crippen molar-refractivity contribution in [2.75, 3.05) is 18.0 Å². The first-order valence-corrected chi connectivity index (χ1v) is 11.4. The molecule has 4 heterocycles. The van der Waals surface area contributed by atoms with Crippen molar-refractivity contribution in [3.05, 3.63) is 42.0 Å². The van der Waals surface area contributed by atoms with E-state index in [-0.39, 0.29) is 53.4 Å². The molecule has 1 aliphatic heterocycles. The summed E-state index contributed by atoms with van der Waals surface area (Å²) in [5.74, 6) is 0.251. The lowest BCUT2D eigenvalue weighted by molar-refractivity contribution is -0.136. The zero-order chi connectivity index (χ0) is 26.4. The highest BCUT2D eigenvalue weighted by molar-refractivity contribution is 5.93. The van der Waals surface area contributed by atoms with E-state index in [1.807, 2.05) is 19.9 Å². The van der Waals surface area contributed by atoms with Gasteiger partial charge in [0.1, 0.15) is 23.6 Å². The van der Waals surface area contributed by atoms with Gasteiger partial charge in [-0.25, -0.2) is 19.7 Å². The number of fused-ring (bicyclic) bond motifs is 1. The van der Waals surface area contributed by atoms with Crippen molar-refractivity contribution < 1.29 is 22.7 Å². The van der Waals surface area contributed by atoms with Crippen LogP contribution in [0.15, 0.2) is 30.9 Å². The van der Waals surface area contributed by atoms with Crippen LogP contribution in [0.25, 0.3) is 16.9 Å². The Morgan fingerprint density at radius 3 is 2.50 bits per heavy atom. The maximum atomic E-state index is 14.2. The summed E-state index contributed by atoms with van der Waals surface area (Å²) in [5.41, 5.74) is -1.31. The van der Waals surface area contributed by atoms with Gasteiger partial charge in [-0.15, -0.1) is 0 Å². The van der Waals surface area contributed by atoms with E-state index in [0.717, 1.165) is 6.20 Å². The molecule has 36 heavy (non-hydrogen) atoms. The van der Waals surface area contributed by atoms with Gasteiger partial charge < -0.3 is 14.5 Å². The standard InChI is InChI=1S/C24H26F3N7O2/c1-14-11-33(22(35)36-23(3,4)5)15(2)10-32(14)20-19-17(24(25,26)27)12-34(21(19)31-13-30-20)18-8-16(9-28)6-7-29-18/h6-8,12-15H,10-11H2,1-5H3/t14-,15-/m0/s1. The van der Waals surface area contributed by atoms with E-state index in [0.29, 0.717) is 0 Å². The number of ether oxygens (including phenoxy) is 1. The van der Waals surface area contributed by atoms with Crippen molar-refractivity contribution in [2.45, 2.75) is 58.5 Å². The Kier molecular flexibility index (Phi) is 6.28. The van der Waals surface area contributed by atoms with Crippen molar-refractivity contribution in [2.24, 2.45) is 0 Å². The lowest BCUT2D eigenvalue weighted by Crippen LogP contribution is -2.59. The quantitative estimate of drug-likeness (QED) is 0.508. The minimum absolute atomic E-state index is 0.0179. The maximum absolute atomic E-state index is 14.2. The number of pyridine rings is 1. The summed E-state index contributed by atoms with van der Waals surface area (Å²) >= 11 is 0. The Hall–Kier alpha value is -3.88. The van der Waals surface area contributed by atoms with Crippen LogP contribution in [-0.2, 0) is 10.9 Å². The Balaban J connectivity index is 1.79. The third-order valence-electron chi connectivity index (χ3n) is 5.88. The molecule has 0 unspecified atom stereocenters. The molecule has 1 saturated heterocycles. The number of alkyl halides is 3. The third kappa shape index (κ3) is 4.78. The molecule has 0 saturated carbocycles. The van der Waals surface area contributed by atoms with E-state index in [2.05, 4.69) is 15.0 Å². The smallest absolute Gasteiger partial charge is 0.418 e. The van der Waals surface area contributed by atoms with Crippen LogP contribution in [0, 0.1) is 11.3 Å². The lowest BCUT2D eigenvalue weighted by atomic mass is 10.1. The van der Waals surface area contributed by atoms with Crippen LogP contribution in [0.2, 0.25) is 0 Å². The Morgan fingerprint density at radius 1 is 1.14 bits per heavy atom. The first-order chi connectivity index (χ1) is 16.8. The average Bonchev–Trinajstić information content (AvgIpc) is 3.20. The molecular weight excluding hydrogens is 475 g/mol. The van der Waals surface area contributed by atoms with Crippen LogP contribution >= 0.6 is 0 Å². The fourth-order valence-corrected chi connectivity index (χ4v) is 4.27. The number of carbonyl (C=O) groups is 1. The zero-order valence-electron chi connectivity index (χ0n) is 20.5. The number of hydrogen-bond donors (Lipinski definition) is 0. The minimum Gasteiger partial charge on any atom is -0.444 e. The zero-order valence-corrected chi connectivity index (χ0v) is 20.5. The van der Waals surface area contributed by atoms with E-state index in [1.54, 1.807) is 30.6 Å². The fourth-order valence-electron chi connectivity index (χ4n) is 4.27. The van der Waals surface area contributed by atoms with E-state index in [9.17, 15) is 23.2 Å². The number of anilines is 1. The Morgan fingerprint density at radius 2 is 1.86 bits per heavy atom. The topological polar surface area (TPSA) is 100 Å². The first-order valence-electron chi connectivity index (χ1n) is 11.4. The third-order valence-corrected chi connectivity index (χ3v) is 5.88. The summed E-state index contributed by atoms with van der Waals surface area (Å²) < 4.78 is 49.3. The van der Waals surface area contributed by atoms with Gasteiger partial charge in [-0.05, 0) is 46.8 Å². The normalized spacial score (nSPS) is 18.9. The Bertz CT molecular complexity index is 1340. The monoisotopic (exact) mass is 501 g/mol. The van der Waals surface area contributed by atoms with Gasteiger partial charge in [0.15, 0.2) is 5.65 Å². The van der Waals surface area contributed by atoms with Gasteiger partial charge in [0, 0.05) is 37.6 Å². The van der Waals surface area contributed by atoms with Gasteiger partial charge in [-0.1, -0.05) is 0 Å². The molecule has 12 heteroatoms. The molecule has 9 nitrogen and oxygen atoms in total. The fraction of sp³-hybridized carbons (Fsp3) is 0.458. The number of rotatable bonds is 2. The molecule has 3 aromatic heterocycles. The summed E-state index contributed by atoms with van der Waals surface area (Å²) in [7, 11) is 0. The number of hydrogen-bond acceptors (Lipinski definition) is 7. The molecule has 0 spiro atoms. The second kappa shape index (κ2) is 8.96. The number of halogens is 3. The SMILES string of the molecule is C[C@H]1CN(c2ncnc3c2c(C(F)(F)F)cn3-c2cc(C#N)ccn2)[C@@H](C)CN1C(=O)OC(C)(C)C. The number of amides is 1. The molecule has 0 aromatic carbocycles. The van der Waals surface area contributed by atoms with Gasteiger partial charge in [0.2, 0.25) is 0 Å². The predicted octanol–water partition coefficient (Wildman–Crippen LogP) is 4.54. The van der Waals surface area contributed by atoms with Crippen molar-refractivity contribution in [3.63, 3.8) is 0 Å². The number of nitriles is 1. The van der Waals surface area contributed by atoms with Crippen LogP contribution in [0.4, 0.5) is 23.8 Å². The maximum Gasteiger partial charge on any atom is 0.418 e. The largest absolute Gasteiger partial charge is 0.444 e. The Labute approximate surface area is 206 Å². The van der Waals surface area contributed by atoms with Crippen LogP contribution in [0.3, 0.4) is 0 Å². The van der Waals surface area contributed by atoms with Crippen molar-refractivity contribution >= 4 is 22.9 Å². The summed E-state index contributed by atoms with van der Waals surface area (Å²) in [6.07, 6.45) is -1.67. The number of piperazine rings is 1. The molecule has 1 amide bonds. The predicted molar refractivity (Wildman–Crippen MR) is 126 cm³/mol. The second-order valence-electron chi connectivity index (χ2n) is 9.80. The second-order valence-corrected chi connectivity index (χ2v) is 9.80. The highest BCUT2D eigenvalue weighted by atomic mass is 19.4. The van der Waals surface area contributed by atoms with E-state index >= 15 is 0 Å². The van der Waals surface area contributed by atoms with E-state index < -0.39 is 23.4 Å². The molecule has 4 rings (SSSR count). The highest BCUT2D eigenvalue weighted by Gasteiger charge is 2.40. The van der Waals surface area contributed by atoms with E-state index in [4.69, 9.17) is 4.74 Å². The number of aromatic nitrogens is 4. The van der Waals surface area contributed by atoms with Crippen LogP contribution in [0.1, 0.15) is 45.7 Å². The van der Waals surface area contributed by atoms with Crippen molar-refractivity contribution in [1.82, 2.24) is 24.4 Å². The van der Waals surface area contributed by atoms with Gasteiger partial charge in [0.05, 0.1) is 22.6 Å². The summed E-state index contributed by atoms with van der Waals surface area (Å²) in [6, 6.07) is 4.13. The van der Waals surface area contributed by atoms with Crippen LogP contribution < -0.4 is 4.90 Å². The minimum atomic E-state index is -4.69. The summed E-state index contributed by atoms with van der Waals surface area (Å²) in [4.78, 5) is 28.6.